The third kappa shape index (κ3) is 5.39. The number of hydrogen-bond donors (Lipinski definition) is 2. The zero-order valence-corrected chi connectivity index (χ0v) is 16.4. The Morgan fingerprint density at radius 2 is 1.69 bits per heavy atom. The largest absolute Gasteiger partial charge is 0.444 e. The molecule has 0 bridgehead atoms. The maximum atomic E-state index is 12.7. The molecule has 9 heteroatoms. The molecule has 3 rings (SSSR count). The molecule has 0 radical (unpaired) electrons. The van der Waals surface area contributed by atoms with Gasteiger partial charge in [-0.15, -0.1) is 0 Å². The fourth-order valence-corrected chi connectivity index (χ4v) is 2.67. The summed E-state index contributed by atoms with van der Waals surface area (Å²) in [5, 5.41) is 15.9. The molecular weight excluding hydrogens is 442 g/mol. The van der Waals surface area contributed by atoms with Crippen LogP contribution < -0.4 is 10.6 Å². The third-order valence-electron chi connectivity index (χ3n) is 3.74. The van der Waals surface area contributed by atoms with E-state index in [0.29, 0.717) is 15.9 Å². The van der Waals surface area contributed by atoms with Crippen molar-refractivity contribution >= 4 is 45.2 Å². The molecule has 2 amide bonds. The number of nitro groups is 1. The van der Waals surface area contributed by atoms with Crippen molar-refractivity contribution in [2.45, 2.75) is 0 Å². The fraction of sp³-hybridized carbons (Fsp3) is 0. The Bertz CT molecular complexity index is 1080. The van der Waals surface area contributed by atoms with Crippen LogP contribution in [-0.2, 0) is 4.79 Å². The Balaban J connectivity index is 1.83. The number of furan rings is 1. The van der Waals surface area contributed by atoms with Crippen LogP contribution in [0.4, 0.5) is 11.4 Å². The molecule has 8 nitrogen and oxygen atoms in total. The molecule has 29 heavy (non-hydrogen) atoms. The van der Waals surface area contributed by atoms with Crippen LogP contribution in [0.5, 0.6) is 0 Å². The molecule has 0 unspecified atom stereocenters. The molecule has 1 aromatic heterocycles. The lowest BCUT2D eigenvalue weighted by molar-refractivity contribution is -0.384. The molecule has 0 saturated carbocycles. The minimum Gasteiger partial charge on any atom is -0.444 e. The minimum absolute atomic E-state index is 0.0212. The molecule has 2 aromatic carbocycles. The van der Waals surface area contributed by atoms with Gasteiger partial charge in [0, 0.05) is 17.8 Å². The van der Waals surface area contributed by atoms with Crippen LogP contribution in [0, 0.1) is 10.1 Å². The van der Waals surface area contributed by atoms with Gasteiger partial charge in [0.1, 0.15) is 5.70 Å². The Kier molecular flexibility index (Phi) is 6.20. The van der Waals surface area contributed by atoms with E-state index in [9.17, 15) is 19.7 Å². The van der Waals surface area contributed by atoms with Gasteiger partial charge in [-0.3, -0.25) is 19.7 Å². The van der Waals surface area contributed by atoms with Crippen molar-refractivity contribution in [3.05, 3.63) is 98.5 Å². The molecule has 0 fully saturated rings. The van der Waals surface area contributed by atoms with E-state index in [1.165, 1.54) is 36.4 Å². The van der Waals surface area contributed by atoms with Gasteiger partial charge < -0.3 is 15.1 Å². The summed E-state index contributed by atoms with van der Waals surface area (Å²) >= 11 is 3.12. The van der Waals surface area contributed by atoms with Gasteiger partial charge in [0.25, 0.3) is 17.5 Å². The highest BCUT2D eigenvalue weighted by Gasteiger charge is 2.17. The van der Waals surface area contributed by atoms with Crippen molar-refractivity contribution in [1.29, 1.82) is 0 Å². The number of benzene rings is 2. The first kappa shape index (κ1) is 20.0. The summed E-state index contributed by atoms with van der Waals surface area (Å²) in [6.45, 7) is 0. The van der Waals surface area contributed by atoms with Crippen LogP contribution >= 0.6 is 15.9 Å². The molecule has 1 heterocycles. The highest BCUT2D eigenvalue weighted by molar-refractivity contribution is 9.10. The molecule has 0 aliphatic rings. The highest BCUT2D eigenvalue weighted by atomic mass is 79.9. The number of nitrogens with one attached hydrogen (secondary N) is 2. The normalized spacial score (nSPS) is 11.0. The quantitative estimate of drug-likeness (QED) is 0.325. The maximum Gasteiger partial charge on any atom is 0.291 e. The van der Waals surface area contributed by atoms with Gasteiger partial charge in [0.15, 0.2) is 10.4 Å². The number of halogens is 1. The second-order valence-electron chi connectivity index (χ2n) is 5.78. The summed E-state index contributed by atoms with van der Waals surface area (Å²) in [4.78, 5) is 35.4. The van der Waals surface area contributed by atoms with E-state index < -0.39 is 16.7 Å². The van der Waals surface area contributed by atoms with Gasteiger partial charge in [-0.25, -0.2) is 0 Å². The van der Waals surface area contributed by atoms with E-state index in [4.69, 9.17) is 4.42 Å². The van der Waals surface area contributed by atoms with Crippen LogP contribution in [0.25, 0.3) is 6.08 Å². The number of rotatable bonds is 6. The molecule has 0 atom stereocenters. The maximum absolute atomic E-state index is 12.7. The Labute approximate surface area is 173 Å². The topological polar surface area (TPSA) is 114 Å². The van der Waals surface area contributed by atoms with Crippen LogP contribution in [0.2, 0.25) is 0 Å². The predicted molar refractivity (Wildman–Crippen MR) is 110 cm³/mol. The molecule has 0 aliphatic heterocycles. The van der Waals surface area contributed by atoms with Gasteiger partial charge in [0.05, 0.1) is 4.92 Å². The molecule has 3 aromatic rings. The Morgan fingerprint density at radius 3 is 2.28 bits per heavy atom. The van der Waals surface area contributed by atoms with Crippen LogP contribution in [-0.4, -0.2) is 16.7 Å². The number of non-ortho nitro benzene ring substituents is 1. The second kappa shape index (κ2) is 8.98. The van der Waals surface area contributed by atoms with Gasteiger partial charge in [-0.2, -0.15) is 0 Å². The Morgan fingerprint density at radius 1 is 1.00 bits per heavy atom. The third-order valence-corrected chi connectivity index (χ3v) is 4.16. The Hall–Kier alpha value is -3.72. The number of nitrogens with zero attached hydrogens (tertiary/aromatic N) is 1. The minimum atomic E-state index is -0.600. The van der Waals surface area contributed by atoms with Crippen molar-refractivity contribution in [3.8, 4) is 0 Å². The van der Waals surface area contributed by atoms with Crippen molar-refractivity contribution < 1.29 is 18.9 Å². The van der Waals surface area contributed by atoms with Gasteiger partial charge in [-0.05, 0) is 51.8 Å². The average molecular weight is 456 g/mol. The van der Waals surface area contributed by atoms with Crippen molar-refractivity contribution in [1.82, 2.24) is 5.32 Å². The zero-order chi connectivity index (χ0) is 20.8. The van der Waals surface area contributed by atoms with Gasteiger partial charge in [0.2, 0.25) is 0 Å². The number of carbonyl (C=O) groups excluding carboxylic acids is 2. The monoisotopic (exact) mass is 455 g/mol. The number of carbonyl (C=O) groups is 2. The second-order valence-corrected chi connectivity index (χ2v) is 6.57. The highest BCUT2D eigenvalue weighted by Crippen LogP contribution is 2.17. The van der Waals surface area contributed by atoms with Crippen LogP contribution in [0.1, 0.15) is 16.1 Å². The molecule has 2 N–H and O–H groups in total. The summed E-state index contributed by atoms with van der Waals surface area (Å²) in [5.41, 5.74) is 0.920. The smallest absolute Gasteiger partial charge is 0.291 e. The van der Waals surface area contributed by atoms with E-state index >= 15 is 0 Å². The SMILES string of the molecule is O=C(Nc1ccc([N+](=O)[O-])cc1)/C(=C/c1ccccc1)NC(=O)c1ccc(Br)o1. The summed E-state index contributed by atoms with van der Waals surface area (Å²) in [7, 11) is 0. The van der Waals surface area contributed by atoms with Crippen LogP contribution in [0.3, 0.4) is 0 Å². The number of anilines is 1. The van der Waals surface area contributed by atoms with Crippen molar-refractivity contribution in [2.24, 2.45) is 0 Å². The lowest BCUT2D eigenvalue weighted by atomic mass is 10.2. The molecular formula is C20H14BrN3O5. The average Bonchev–Trinajstić information content (AvgIpc) is 3.15. The van der Waals surface area contributed by atoms with Crippen molar-refractivity contribution in [3.63, 3.8) is 0 Å². The van der Waals surface area contributed by atoms with Gasteiger partial charge >= 0.3 is 0 Å². The van der Waals surface area contributed by atoms with Crippen LogP contribution in [0.15, 0.2) is 81.5 Å². The predicted octanol–water partition coefficient (Wildman–Crippen LogP) is 4.36. The van der Waals surface area contributed by atoms with E-state index in [0.717, 1.165) is 0 Å². The fourth-order valence-electron chi connectivity index (χ4n) is 2.36. The number of amides is 2. The first-order valence-corrected chi connectivity index (χ1v) is 9.11. The molecule has 146 valence electrons. The first-order chi connectivity index (χ1) is 13.9. The molecule has 0 aliphatic carbocycles. The van der Waals surface area contributed by atoms with Crippen molar-refractivity contribution in [2.75, 3.05) is 5.32 Å². The van der Waals surface area contributed by atoms with E-state index in [1.807, 2.05) is 6.07 Å². The summed E-state index contributed by atoms with van der Waals surface area (Å²) in [5.74, 6) is -1.17. The number of nitro benzene ring substituents is 1. The standard InChI is InChI=1S/C20H14BrN3O5/c21-18-11-10-17(29-18)20(26)23-16(12-13-4-2-1-3-5-13)19(25)22-14-6-8-15(9-7-14)24(27)28/h1-12H,(H,22,25)(H,23,26)/b16-12-. The number of hydrogen-bond acceptors (Lipinski definition) is 5. The first-order valence-electron chi connectivity index (χ1n) is 8.31. The molecule has 0 spiro atoms. The lowest BCUT2D eigenvalue weighted by Crippen LogP contribution is -2.30. The van der Waals surface area contributed by atoms with E-state index in [2.05, 4.69) is 26.6 Å². The summed E-state index contributed by atoms with van der Waals surface area (Å²) in [6.07, 6.45) is 1.51. The molecule has 0 saturated heterocycles. The summed E-state index contributed by atoms with van der Waals surface area (Å²) < 4.78 is 5.59. The zero-order valence-electron chi connectivity index (χ0n) is 14.8. The van der Waals surface area contributed by atoms with Gasteiger partial charge in [-0.1, -0.05) is 30.3 Å². The van der Waals surface area contributed by atoms with E-state index in [-0.39, 0.29) is 17.1 Å². The summed E-state index contributed by atoms with van der Waals surface area (Å²) in [6, 6.07) is 17.3. The lowest BCUT2D eigenvalue weighted by Gasteiger charge is -2.10. The van der Waals surface area contributed by atoms with E-state index in [1.54, 1.807) is 30.3 Å².